The number of hydrogen-bond acceptors (Lipinski definition) is 2. The van der Waals surface area contributed by atoms with Crippen LogP contribution in [-0.2, 0) is 6.42 Å². The summed E-state index contributed by atoms with van der Waals surface area (Å²) >= 11 is 0. The van der Waals surface area contributed by atoms with Crippen LogP contribution in [0.3, 0.4) is 0 Å². The van der Waals surface area contributed by atoms with Crippen LogP contribution in [0.1, 0.15) is 32.9 Å². The van der Waals surface area contributed by atoms with Gasteiger partial charge in [0.05, 0.1) is 11.4 Å². The normalized spacial score (nSPS) is 16.3. The molecule has 0 saturated heterocycles. The number of anilines is 1. The van der Waals surface area contributed by atoms with Crippen molar-refractivity contribution in [2.24, 2.45) is 5.41 Å². The maximum Gasteiger partial charge on any atom is 0.0637 e. The van der Waals surface area contributed by atoms with Crippen molar-refractivity contribution in [3.8, 4) is 0 Å². The Bertz CT molecular complexity index is 339. The number of aryl methyl sites for hydroxylation is 1. The number of fused-ring (bicyclic) bond motifs is 1. The molecule has 2 nitrogen and oxygen atoms in total. The fourth-order valence-corrected chi connectivity index (χ4v) is 2.20. The van der Waals surface area contributed by atoms with Gasteiger partial charge >= 0.3 is 0 Å². The summed E-state index contributed by atoms with van der Waals surface area (Å²) in [7, 11) is 0. The van der Waals surface area contributed by atoms with Crippen molar-refractivity contribution in [1.82, 2.24) is 4.98 Å². The van der Waals surface area contributed by atoms with Crippen molar-refractivity contribution in [3.63, 3.8) is 0 Å². The van der Waals surface area contributed by atoms with E-state index in [1.54, 1.807) is 0 Å². The molecular formula is C13H20N2. The highest BCUT2D eigenvalue weighted by atomic mass is 15.1. The molecule has 0 bridgehead atoms. The SMILES string of the molecule is CC(C)(C)CN1CCCc2ncccc21. The molecule has 0 N–H and O–H groups in total. The Balaban J connectivity index is 2.22. The first-order valence-corrected chi connectivity index (χ1v) is 5.75. The van der Waals surface area contributed by atoms with Crippen molar-refractivity contribution in [2.75, 3.05) is 18.0 Å². The Kier molecular flexibility index (Phi) is 2.68. The van der Waals surface area contributed by atoms with Crippen LogP contribution in [0.25, 0.3) is 0 Å². The summed E-state index contributed by atoms with van der Waals surface area (Å²) in [6, 6.07) is 4.24. The summed E-state index contributed by atoms with van der Waals surface area (Å²) in [6.45, 7) is 9.16. The lowest BCUT2D eigenvalue weighted by Crippen LogP contribution is -2.36. The Labute approximate surface area is 92.3 Å². The predicted octanol–water partition coefficient (Wildman–Crippen LogP) is 2.88. The first-order valence-electron chi connectivity index (χ1n) is 5.75. The van der Waals surface area contributed by atoms with E-state index in [1.165, 1.54) is 24.3 Å². The summed E-state index contributed by atoms with van der Waals surface area (Å²) < 4.78 is 0. The van der Waals surface area contributed by atoms with E-state index in [0.29, 0.717) is 5.41 Å². The van der Waals surface area contributed by atoms with E-state index < -0.39 is 0 Å². The van der Waals surface area contributed by atoms with Crippen LogP contribution < -0.4 is 4.90 Å². The van der Waals surface area contributed by atoms with Gasteiger partial charge in [-0.25, -0.2) is 0 Å². The number of nitrogens with zero attached hydrogens (tertiary/aromatic N) is 2. The second-order valence-corrected chi connectivity index (χ2v) is 5.55. The van der Waals surface area contributed by atoms with Gasteiger partial charge in [0.2, 0.25) is 0 Å². The monoisotopic (exact) mass is 204 g/mol. The van der Waals surface area contributed by atoms with Crippen molar-refractivity contribution >= 4 is 5.69 Å². The Morgan fingerprint density at radius 1 is 1.40 bits per heavy atom. The van der Waals surface area contributed by atoms with Gasteiger partial charge in [-0.1, -0.05) is 20.8 Å². The number of aromatic nitrogens is 1. The standard InChI is InChI=1S/C13H20N2/c1-13(2,3)10-15-9-5-6-11-12(15)7-4-8-14-11/h4,7-8H,5-6,9-10H2,1-3H3. The fraction of sp³-hybridized carbons (Fsp3) is 0.615. The third-order valence-corrected chi connectivity index (χ3v) is 2.71. The van der Waals surface area contributed by atoms with E-state index in [-0.39, 0.29) is 0 Å². The molecule has 0 saturated carbocycles. The lowest BCUT2D eigenvalue weighted by atomic mass is 9.94. The van der Waals surface area contributed by atoms with Crippen LogP contribution >= 0.6 is 0 Å². The van der Waals surface area contributed by atoms with E-state index in [2.05, 4.69) is 36.7 Å². The van der Waals surface area contributed by atoms with Crippen LogP contribution in [0.2, 0.25) is 0 Å². The zero-order valence-electron chi connectivity index (χ0n) is 9.95. The van der Waals surface area contributed by atoms with Crippen molar-refractivity contribution in [1.29, 1.82) is 0 Å². The number of rotatable bonds is 1. The molecule has 0 aliphatic carbocycles. The quantitative estimate of drug-likeness (QED) is 0.699. The summed E-state index contributed by atoms with van der Waals surface area (Å²) in [5, 5.41) is 0. The summed E-state index contributed by atoms with van der Waals surface area (Å²) in [5.41, 5.74) is 2.97. The third-order valence-electron chi connectivity index (χ3n) is 2.71. The Morgan fingerprint density at radius 2 is 2.20 bits per heavy atom. The summed E-state index contributed by atoms with van der Waals surface area (Å²) in [6.07, 6.45) is 4.27. The van der Waals surface area contributed by atoms with E-state index in [1.807, 2.05) is 12.3 Å². The second-order valence-electron chi connectivity index (χ2n) is 5.55. The van der Waals surface area contributed by atoms with Gasteiger partial charge in [0.15, 0.2) is 0 Å². The number of hydrogen-bond donors (Lipinski definition) is 0. The molecule has 15 heavy (non-hydrogen) atoms. The van der Waals surface area contributed by atoms with Gasteiger partial charge in [-0.2, -0.15) is 0 Å². The summed E-state index contributed by atoms with van der Waals surface area (Å²) in [4.78, 5) is 6.94. The molecule has 1 aliphatic heterocycles. The molecule has 2 heterocycles. The van der Waals surface area contributed by atoms with Gasteiger partial charge in [0.1, 0.15) is 0 Å². The zero-order valence-corrected chi connectivity index (χ0v) is 9.95. The third kappa shape index (κ3) is 2.49. The van der Waals surface area contributed by atoms with Crippen LogP contribution in [0.4, 0.5) is 5.69 Å². The highest BCUT2D eigenvalue weighted by Crippen LogP contribution is 2.28. The first-order chi connectivity index (χ1) is 7.06. The van der Waals surface area contributed by atoms with Crippen LogP contribution in [-0.4, -0.2) is 18.1 Å². The van der Waals surface area contributed by atoms with Gasteiger partial charge in [-0.05, 0) is 30.4 Å². The van der Waals surface area contributed by atoms with Gasteiger partial charge in [-0.15, -0.1) is 0 Å². The average molecular weight is 204 g/mol. The van der Waals surface area contributed by atoms with Gasteiger partial charge in [0, 0.05) is 19.3 Å². The molecule has 0 aromatic carbocycles. The predicted molar refractivity (Wildman–Crippen MR) is 64.2 cm³/mol. The fourth-order valence-electron chi connectivity index (χ4n) is 2.20. The molecule has 0 fully saturated rings. The van der Waals surface area contributed by atoms with Crippen LogP contribution in [0, 0.1) is 5.41 Å². The molecule has 0 amide bonds. The second kappa shape index (κ2) is 3.84. The zero-order chi connectivity index (χ0) is 10.9. The van der Waals surface area contributed by atoms with E-state index in [9.17, 15) is 0 Å². The minimum Gasteiger partial charge on any atom is -0.370 e. The topological polar surface area (TPSA) is 16.1 Å². The lowest BCUT2D eigenvalue weighted by Gasteiger charge is -2.35. The molecular weight excluding hydrogens is 184 g/mol. The molecule has 0 radical (unpaired) electrons. The van der Waals surface area contributed by atoms with Gasteiger partial charge in [0.25, 0.3) is 0 Å². The molecule has 1 aliphatic rings. The molecule has 1 aromatic heterocycles. The van der Waals surface area contributed by atoms with Crippen molar-refractivity contribution in [3.05, 3.63) is 24.0 Å². The minimum atomic E-state index is 0.352. The van der Waals surface area contributed by atoms with Gasteiger partial charge < -0.3 is 4.90 Å². The molecule has 1 aromatic rings. The minimum absolute atomic E-state index is 0.352. The maximum atomic E-state index is 4.46. The molecule has 0 spiro atoms. The lowest BCUT2D eigenvalue weighted by molar-refractivity contribution is 0.404. The maximum absolute atomic E-state index is 4.46. The highest BCUT2D eigenvalue weighted by molar-refractivity contribution is 5.52. The molecule has 2 heteroatoms. The largest absolute Gasteiger partial charge is 0.370 e. The Morgan fingerprint density at radius 3 is 2.93 bits per heavy atom. The first kappa shape index (κ1) is 10.5. The molecule has 82 valence electrons. The smallest absolute Gasteiger partial charge is 0.0637 e. The molecule has 0 atom stereocenters. The van der Waals surface area contributed by atoms with Crippen molar-refractivity contribution in [2.45, 2.75) is 33.6 Å². The Hall–Kier alpha value is -1.05. The average Bonchev–Trinajstić information content (AvgIpc) is 2.16. The van der Waals surface area contributed by atoms with E-state index in [0.717, 1.165) is 13.0 Å². The van der Waals surface area contributed by atoms with E-state index >= 15 is 0 Å². The van der Waals surface area contributed by atoms with E-state index in [4.69, 9.17) is 0 Å². The van der Waals surface area contributed by atoms with Crippen LogP contribution in [0.15, 0.2) is 18.3 Å². The number of pyridine rings is 1. The van der Waals surface area contributed by atoms with Gasteiger partial charge in [-0.3, -0.25) is 4.98 Å². The summed E-state index contributed by atoms with van der Waals surface area (Å²) in [5.74, 6) is 0. The van der Waals surface area contributed by atoms with Crippen molar-refractivity contribution < 1.29 is 0 Å². The van der Waals surface area contributed by atoms with Crippen LogP contribution in [0.5, 0.6) is 0 Å². The molecule has 2 rings (SSSR count). The molecule has 0 unspecified atom stereocenters. The highest BCUT2D eigenvalue weighted by Gasteiger charge is 2.21.